The van der Waals surface area contributed by atoms with Crippen molar-refractivity contribution in [3.05, 3.63) is 35.2 Å². The molecule has 2 rings (SSSR count). The van der Waals surface area contributed by atoms with Crippen molar-refractivity contribution in [1.82, 2.24) is 4.98 Å². The number of ether oxygens (including phenoxy) is 3. The minimum atomic E-state index is -4.11. The number of hydrogen-bond acceptors (Lipinski definition) is 6. The molecule has 9 heteroatoms. The molecule has 154 valence electrons. The van der Waals surface area contributed by atoms with E-state index in [1.807, 2.05) is 6.92 Å². The molecule has 1 aromatic carbocycles. The molecule has 1 aromatic heterocycles. The van der Waals surface area contributed by atoms with Crippen LogP contribution in [0.2, 0.25) is 0 Å². The highest BCUT2D eigenvalue weighted by molar-refractivity contribution is 7.92. The van der Waals surface area contributed by atoms with Crippen LogP contribution < -0.4 is 14.2 Å². The van der Waals surface area contributed by atoms with E-state index in [1.165, 1.54) is 0 Å². The third-order valence-electron chi connectivity index (χ3n) is 3.87. The second-order valence-corrected chi connectivity index (χ2v) is 7.55. The lowest BCUT2D eigenvalue weighted by Crippen LogP contribution is -2.18. The average molecular weight is 410 g/mol. The highest BCUT2D eigenvalue weighted by Gasteiger charge is 2.30. The smallest absolute Gasteiger partial charge is 0.341 e. The van der Waals surface area contributed by atoms with Gasteiger partial charge in [0.05, 0.1) is 25.5 Å². The number of carbonyl (C=O) groups is 1. The van der Waals surface area contributed by atoms with Gasteiger partial charge in [0, 0.05) is 17.5 Å². The Morgan fingerprint density at radius 2 is 1.71 bits per heavy atom. The molecule has 0 spiro atoms. The summed E-state index contributed by atoms with van der Waals surface area (Å²) in [5, 5.41) is 0. The van der Waals surface area contributed by atoms with E-state index in [2.05, 4.69) is 9.71 Å². The van der Waals surface area contributed by atoms with Gasteiger partial charge in [-0.2, -0.15) is 0 Å². The fraction of sp³-hybridized carbons (Fsp3) is 0.421. The summed E-state index contributed by atoms with van der Waals surface area (Å²) < 4.78 is 44.8. The number of esters is 1. The van der Waals surface area contributed by atoms with E-state index in [9.17, 15) is 13.2 Å². The molecule has 0 aliphatic carbocycles. The van der Waals surface area contributed by atoms with Gasteiger partial charge in [-0.15, -0.1) is 0 Å². The Morgan fingerprint density at radius 3 is 2.32 bits per heavy atom. The van der Waals surface area contributed by atoms with Crippen LogP contribution in [0.15, 0.2) is 23.1 Å². The Kier molecular flexibility index (Phi) is 6.95. The lowest BCUT2D eigenvalue weighted by atomic mass is 10.2. The number of nitrogens with one attached hydrogen (secondary N) is 2. The molecule has 28 heavy (non-hydrogen) atoms. The maximum Gasteiger partial charge on any atom is 0.341 e. The van der Waals surface area contributed by atoms with Crippen molar-refractivity contribution in [3.63, 3.8) is 0 Å². The standard InChI is InChI=1S/C19H26N2O6S/c1-6-25-14-9-10-16(26-7-2)15(11-14)21-28(23,24)18-13(5)20-12(4)17(18)19(22)27-8-3/h9-11,20-21H,6-8H2,1-5H3. The Morgan fingerprint density at radius 1 is 1.04 bits per heavy atom. The number of rotatable bonds is 9. The second-order valence-electron chi connectivity index (χ2n) is 5.93. The fourth-order valence-electron chi connectivity index (χ4n) is 2.87. The van der Waals surface area contributed by atoms with Gasteiger partial charge in [-0.1, -0.05) is 0 Å². The predicted molar refractivity (Wildman–Crippen MR) is 106 cm³/mol. The number of hydrogen-bond donors (Lipinski definition) is 2. The van der Waals surface area contributed by atoms with E-state index in [-0.39, 0.29) is 22.8 Å². The molecule has 0 radical (unpaired) electrons. The first-order chi connectivity index (χ1) is 13.2. The molecule has 1 heterocycles. The molecule has 0 aliphatic heterocycles. The molecule has 0 unspecified atom stereocenters. The van der Waals surface area contributed by atoms with Crippen molar-refractivity contribution in [2.45, 2.75) is 39.5 Å². The molecule has 8 nitrogen and oxygen atoms in total. The number of carbonyl (C=O) groups excluding carboxylic acids is 1. The van der Waals surface area contributed by atoms with Gasteiger partial charge < -0.3 is 19.2 Å². The minimum absolute atomic E-state index is 0.00854. The highest BCUT2D eigenvalue weighted by Crippen LogP contribution is 2.33. The largest absolute Gasteiger partial charge is 0.494 e. The molecule has 0 saturated heterocycles. The van der Waals surface area contributed by atoms with E-state index >= 15 is 0 Å². The van der Waals surface area contributed by atoms with Gasteiger partial charge in [0.1, 0.15) is 22.0 Å². The third kappa shape index (κ3) is 4.59. The van der Waals surface area contributed by atoms with E-state index in [1.54, 1.807) is 45.9 Å². The average Bonchev–Trinajstić information content (AvgIpc) is 2.92. The summed E-state index contributed by atoms with van der Waals surface area (Å²) in [4.78, 5) is 15.1. The first kappa shape index (κ1) is 21.6. The van der Waals surface area contributed by atoms with Crippen LogP contribution in [0.5, 0.6) is 11.5 Å². The topological polar surface area (TPSA) is 107 Å². The molecule has 0 amide bonds. The number of aryl methyl sites for hydroxylation is 2. The zero-order valence-electron chi connectivity index (χ0n) is 16.7. The van der Waals surface area contributed by atoms with E-state index < -0.39 is 16.0 Å². The first-order valence-corrected chi connectivity index (χ1v) is 10.5. The van der Waals surface area contributed by atoms with E-state index in [0.717, 1.165) is 0 Å². The predicted octanol–water partition coefficient (Wildman–Crippen LogP) is 3.41. The number of anilines is 1. The minimum Gasteiger partial charge on any atom is -0.494 e. The molecule has 2 aromatic rings. The molecular weight excluding hydrogens is 384 g/mol. The SMILES string of the molecule is CCOC(=O)c1c(C)[nH]c(C)c1S(=O)(=O)Nc1cc(OCC)ccc1OCC. The van der Waals surface area contributed by atoms with Crippen LogP contribution in [0.25, 0.3) is 0 Å². The molecular formula is C19H26N2O6S. The maximum atomic E-state index is 13.2. The van der Waals surface area contributed by atoms with Crippen molar-refractivity contribution in [2.75, 3.05) is 24.5 Å². The van der Waals surface area contributed by atoms with Crippen LogP contribution in [0, 0.1) is 13.8 Å². The van der Waals surface area contributed by atoms with Gasteiger partial charge in [-0.3, -0.25) is 4.72 Å². The molecule has 0 bridgehead atoms. The van der Waals surface area contributed by atoms with Gasteiger partial charge >= 0.3 is 5.97 Å². The molecule has 2 N–H and O–H groups in total. The normalized spacial score (nSPS) is 11.2. The van der Waals surface area contributed by atoms with Crippen LogP contribution in [-0.2, 0) is 14.8 Å². The number of sulfonamides is 1. The summed E-state index contributed by atoms with van der Waals surface area (Å²) in [6, 6.07) is 4.88. The van der Waals surface area contributed by atoms with E-state index in [4.69, 9.17) is 14.2 Å². The monoisotopic (exact) mass is 410 g/mol. The quantitative estimate of drug-likeness (QED) is 0.614. The summed E-state index contributed by atoms with van der Waals surface area (Å²) in [7, 11) is -4.11. The van der Waals surface area contributed by atoms with Crippen LogP contribution in [0.1, 0.15) is 42.5 Å². The summed E-state index contributed by atoms with van der Waals surface area (Å²) >= 11 is 0. The molecule has 0 aliphatic rings. The molecule has 0 fully saturated rings. The summed E-state index contributed by atoms with van der Waals surface area (Å²) in [6.45, 7) is 9.44. The number of H-pyrrole nitrogens is 1. The van der Waals surface area contributed by atoms with Crippen molar-refractivity contribution in [1.29, 1.82) is 0 Å². The van der Waals surface area contributed by atoms with E-state index in [0.29, 0.717) is 36.1 Å². The second kappa shape index (κ2) is 9.01. The van der Waals surface area contributed by atoms with Crippen LogP contribution >= 0.6 is 0 Å². The lowest BCUT2D eigenvalue weighted by molar-refractivity contribution is 0.0521. The van der Waals surface area contributed by atoms with Crippen molar-refractivity contribution in [2.24, 2.45) is 0 Å². The summed E-state index contributed by atoms with van der Waals surface area (Å²) in [5.74, 6) is 0.159. The number of aromatic amines is 1. The van der Waals surface area contributed by atoms with Gasteiger partial charge in [-0.05, 0) is 46.8 Å². The zero-order chi connectivity index (χ0) is 20.9. The summed E-state index contributed by atoms with van der Waals surface area (Å²) in [6.07, 6.45) is 0. The first-order valence-electron chi connectivity index (χ1n) is 9.03. The van der Waals surface area contributed by atoms with Gasteiger partial charge in [0.25, 0.3) is 10.0 Å². The molecule has 0 atom stereocenters. The highest BCUT2D eigenvalue weighted by atomic mass is 32.2. The van der Waals surface area contributed by atoms with Gasteiger partial charge in [0.15, 0.2) is 0 Å². The zero-order valence-corrected chi connectivity index (χ0v) is 17.5. The summed E-state index contributed by atoms with van der Waals surface area (Å²) in [5.41, 5.74) is 0.975. The third-order valence-corrected chi connectivity index (χ3v) is 5.41. The van der Waals surface area contributed by atoms with Crippen molar-refractivity contribution in [3.8, 4) is 11.5 Å². The van der Waals surface area contributed by atoms with Crippen LogP contribution in [-0.4, -0.2) is 39.2 Å². The number of benzene rings is 1. The Hall–Kier alpha value is -2.68. The fourth-order valence-corrected chi connectivity index (χ4v) is 4.38. The Labute approximate surface area is 165 Å². The number of aromatic nitrogens is 1. The Bertz CT molecular complexity index is 950. The van der Waals surface area contributed by atoms with Crippen molar-refractivity contribution < 1.29 is 27.4 Å². The lowest BCUT2D eigenvalue weighted by Gasteiger charge is -2.15. The van der Waals surface area contributed by atoms with Crippen molar-refractivity contribution >= 4 is 21.7 Å². The van der Waals surface area contributed by atoms with Crippen LogP contribution in [0.4, 0.5) is 5.69 Å². The Balaban J connectivity index is 2.53. The molecule has 0 saturated carbocycles. The van der Waals surface area contributed by atoms with Crippen LogP contribution in [0.3, 0.4) is 0 Å². The maximum absolute atomic E-state index is 13.2. The van der Waals surface area contributed by atoms with Gasteiger partial charge in [-0.25, -0.2) is 13.2 Å². The van der Waals surface area contributed by atoms with Gasteiger partial charge in [0.2, 0.25) is 0 Å².